The molecule has 2 amide bonds. The Hall–Kier alpha value is -1.34. The monoisotopic (exact) mass is 326 g/mol. The molecule has 2 saturated heterocycles. The maximum absolute atomic E-state index is 12.7. The normalized spacial score (nSPS) is 22.0. The molecule has 0 aromatic rings. The highest BCUT2D eigenvalue weighted by atomic mass is 16.6. The zero-order valence-electron chi connectivity index (χ0n) is 14.7. The molecule has 2 heterocycles. The predicted octanol–water partition coefficient (Wildman–Crippen LogP) is 0.313. The molecular formula is C16H30N4O3. The summed E-state index contributed by atoms with van der Waals surface area (Å²) in [6.07, 6.45) is -0.248. The summed E-state index contributed by atoms with van der Waals surface area (Å²) < 4.78 is 5.03. The van der Waals surface area contributed by atoms with Gasteiger partial charge in [-0.2, -0.15) is 0 Å². The van der Waals surface area contributed by atoms with Crippen LogP contribution in [-0.4, -0.2) is 103 Å². The van der Waals surface area contributed by atoms with Crippen LogP contribution in [0, 0.1) is 0 Å². The van der Waals surface area contributed by atoms with E-state index in [9.17, 15) is 9.59 Å². The van der Waals surface area contributed by atoms with E-state index in [1.807, 2.05) is 18.7 Å². The molecular weight excluding hydrogens is 296 g/mol. The van der Waals surface area contributed by atoms with Crippen LogP contribution in [0.1, 0.15) is 20.8 Å². The van der Waals surface area contributed by atoms with Crippen LogP contribution in [0.2, 0.25) is 0 Å². The second-order valence-corrected chi connectivity index (χ2v) is 6.16. The van der Waals surface area contributed by atoms with Gasteiger partial charge in [0.1, 0.15) is 0 Å². The van der Waals surface area contributed by atoms with Crippen LogP contribution in [0.15, 0.2) is 0 Å². The van der Waals surface area contributed by atoms with E-state index in [0.717, 1.165) is 45.8 Å². The van der Waals surface area contributed by atoms with Gasteiger partial charge in [0.25, 0.3) is 0 Å². The lowest BCUT2D eigenvalue weighted by Crippen LogP contribution is -2.58. The maximum Gasteiger partial charge on any atom is 0.409 e. The number of piperazine rings is 2. The predicted molar refractivity (Wildman–Crippen MR) is 88.3 cm³/mol. The highest BCUT2D eigenvalue weighted by Gasteiger charge is 2.31. The van der Waals surface area contributed by atoms with E-state index in [1.165, 1.54) is 0 Å². The largest absolute Gasteiger partial charge is 0.450 e. The van der Waals surface area contributed by atoms with E-state index in [2.05, 4.69) is 16.7 Å². The lowest BCUT2D eigenvalue weighted by atomic mass is 10.2. The molecule has 1 atom stereocenters. The molecule has 0 spiro atoms. The molecule has 0 bridgehead atoms. The first-order valence-electron chi connectivity index (χ1n) is 8.73. The highest BCUT2D eigenvalue weighted by molar-refractivity contribution is 5.81. The van der Waals surface area contributed by atoms with Gasteiger partial charge in [-0.25, -0.2) is 4.79 Å². The molecule has 2 fully saturated rings. The Bertz CT molecular complexity index is 402. The number of amides is 2. The lowest BCUT2D eigenvalue weighted by molar-refractivity contribution is -0.138. The Labute approximate surface area is 139 Å². The van der Waals surface area contributed by atoms with Crippen LogP contribution < -0.4 is 0 Å². The van der Waals surface area contributed by atoms with E-state index in [4.69, 9.17) is 4.74 Å². The van der Waals surface area contributed by atoms with Crippen molar-refractivity contribution in [3.8, 4) is 0 Å². The molecule has 0 aromatic carbocycles. The van der Waals surface area contributed by atoms with Gasteiger partial charge in [-0.05, 0) is 20.4 Å². The van der Waals surface area contributed by atoms with Crippen molar-refractivity contribution < 1.29 is 14.3 Å². The fourth-order valence-electron chi connectivity index (χ4n) is 3.21. The summed E-state index contributed by atoms with van der Waals surface area (Å²) in [4.78, 5) is 32.6. The maximum atomic E-state index is 12.7. The SMILES string of the molecule is CCOC(=O)N1CCN(C(C)C(=O)N2CCN(CC)CC2)CC1. The van der Waals surface area contributed by atoms with Crippen molar-refractivity contribution >= 4 is 12.0 Å². The van der Waals surface area contributed by atoms with Crippen molar-refractivity contribution in [3.63, 3.8) is 0 Å². The fourth-order valence-corrected chi connectivity index (χ4v) is 3.21. The smallest absolute Gasteiger partial charge is 0.409 e. The number of nitrogens with zero attached hydrogens (tertiary/aromatic N) is 4. The second-order valence-electron chi connectivity index (χ2n) is 6.16. The number of hydrogen-bond donors (Lipinski definition) is 0. The first-order chi connectivity index (χ1) is 11.1. The van der Waals surface area contributed by atoms with Crippen molar-refractivity contribution in [2.45, 2.75) is 26.8 Å². The van der Waals surface area contributed by atoms with Crippen molar-refractivity contribution in [1.82, 2.24) is 19.6 Å². The number of carbonyl (C=O) groups excluding carboxylic acids is 2. The summed E-state index contributed by atoms with van der Waals surface area (Å²) in [7, 11) is 0. The van der Waals surface area contributed by atoms with Gasteiger partial charge < -0.3 is 19.4 Å². The Morgan fingerprint density at radius 2 is 1.48 bits per heavy atom. The van der Waals surface area contributed by atoms with Gasteiger partial charge in [0.15, 0.2) is 0 Å². The van der Waals surface area contributed by atoms with Crippen LogP contribution in [0.25, 0.3) is 0 Å². The first-order valence-corrected chi connectivity index (χ1v) is 8.73. The third kappa shape index (κ3) is 4.57. The van der Waals surface area contributed by atoms with Crippen LogP contribution in [0.3, 0.4) is 0 Å². The molecule has 0 aliphatic carbocycles. The Morgan fingerprint density at radius 3 is 2.00 bits per heavy atom. The minimum absolute atomic E-state index is 0.118. The van der Waals surface area contributed by atoms with E-state index in [-0.39, 0.29) is 18.0 Å². The zero-order valence-corrected chi connectivity index (χ0v) is 14.7. The molecule has 7 heteroatoms. The number of ether oxygens (including phenoxy) is 1. The molecule has 23 heavy (non-hydrogen) atoms. The van der Waals surface area contributed by atoms with Crippen molar-refractivity contribution in [3.05, 3.63) is 0 Å². The third-order valence-electron chi connectivity index (χ3n) is 4.88. The van der Waals surface area contributed by atoms with Gasteiger partial charge in [-0.15, -0.1) is 0 Å². The van der Waals surface area contributed by atoms with Gasteiger partial charge in [-0.3, -0.25) is 9.69 Å². The minimum atomic E-state index is -0.248. The molecule has 7 nitrogen and oxygen atoms in total. The molecule has 0 N–H and O–H groups in total. The van der Waals surface area contributed by atoms with E-state index in [0.29, 0.717) is 19.7 Å². The number of rotatable bonds is 4. The van der Waals surface area contributed by atoms with Crippen LogP contribution >= 0.6 is 0 Å². The lowest BCUT2D eigenvalue weighted by Gasteiger charge is -2.40. The quantitative estimate of drug-likeness (QED) is 0.744. The van der Waals surface area contributed by atoms with Crippen molar-refractivity contribution in [2.24, 2.45) is 0 Å². The Balaban J connectivity index is 1.79. The van der Waals surface area contributed by atoms with Gasteiger partial charge in [0.05, 0.1) is 12.6 Å². The third-order valence-corrected chi connectivity index (χ3v) is 4.88. The van der Waals surface area contributed by atoms with Crippen molar-refractivity contribution in [1.29, 1.82) is 0 Å². The average Bonchev–Trinajstić information content (AvgIpc) is 2.61. The molecule has 0 aromatic heterocycles. The minimum Gasteiger partial charge on any atom is -0.450 e. The van der Waals surface area contributed by atoms with Crippen molar-refractivity contribution in [2.75, 3.05) is 65.5 Å². The first kappa shape index (κ1) is 18.0. The molecule has 2 aliphatic rings. The number of hydrogen-bond acceptors (Lipinski definition) is 5. The van der Waals surface area contributed by atoms with E-state index < -0.39 is 0 Å². The van der Waals surface area contributed by atoms with Crippen LogP contribution in [-0.2, 0) is 9.53 Å². The van der Waals surface area contributed by atoms with E-state index in [1.54, 1.807) is 4.90 Å². The second kappa shape index (κ2) is 8.49. The van der Waals surface area contributed by atoms with Gasteiger partial charge in [0.2, 0.25) is 5.91 Å². The molecule has 2 aliphatic heterocycles. The summed E-state index contributed by atoms with van der Waals surface area (Å²) in [5, 5.41) is 0. The summed E-state index contributed by atoms with van der Waals surface area (Å²) in [6, 6.07) is -0.118. The molecule has 2 rings (SSSR count). The zero-order chi connectivity index (χ0) is 16.8. The number of likely N-dealkylation sites (N-methyl/N-ethyl adjacent to an activating group) is 1. The van der Waals surface area contributed by atoms with E-state index >= 15 is 0 Å². The summed E-state index contributed by atoms with van der Waals surface area (Å²) >= 11 is 0. The Kier molecular flexibility index (Phi) is 6.65. The average molecular weight is 326 g/mol. The standard InChI is InChI=1S/C16H30N4O3/c1-4-17-6-8-19(9-7-17)15(21)14(3)18-10-12-20(13-11-18)16(22)23-5-2/h14H,4-13H2,1-3H3. The topological polar surface area (TPSA) is 56.3 Å². The summed E-state index contributed by atoms with van der Waals surface area (Å²) in [5.41, 5.74) is 0. The van der Waals surface area contributed by atoms with Gasteiger partial charge in [-0.1, -0.05) is 6.92 Å². The summed E-state index contributed by atoms with van der Waals surface area (Å²) in [5.74, 6) is 0.213. The summed E-state index contributed by atoms with van der Waals surface area (Å²) in [6.45, 7) is 13.7. The Morgan fingerprint density at radius 1 is 0.913 bits per heavy atom. The molecule has 1 unspecified atom stereocenters. The van der Waals surface area contributed by atoms with Crippen LogP contribution in [0.4, 0.5) is 4.79 Å². The van der Waals surface area contributed by atoms with Gasteiger partial charge in [0, 0.05) is 52.4 Å². The van der Waals surface area contributed by atoms with Gasteiger partial charge >= 0.3 is 6.09 Å². The molecule has 0 radical (unpaired) electrons. The fraction of sp³-hybridized carbons (Fsp3) is 0.875. The molecule has 0 saturated carbocycles. The highest BCUT2D eigenvalue weighted by Crippen LogP contribution is 2.12. The molecule has 132 valence electrons. The van der Waals surface area contributed by atoms with Crippen LogP contribution in [0.5, 0.6) is 0 Å². The number of carbonyl (C=O) groups is 2.